The number of hydrogen-bond acceptors (Lipinski definition) is 5. The van der Waals surface area contributed by atoms with E-state index >= 15 is 0 Å². The third-order valence-electron chi connectivity index (χ3n) is 4.49. The molecule has 0 atom stereocenters. The van der Waals surface area contributed by atoms with Crippen LogP contribution < -0.4 is 14.2 Å². The van der Waals surface area contributed by atoms with Crippen LogP contribution in [-0.4, -0.2) is 33.9 Å². The standard InChI is InChI=1S/C25H34O5Si/c1-25(2,3)30-24(26)23(31(6,7)8)16-20-21(28-5)14-19(27-4)15-22(20)29-17-18-12-10-9-11-13-18/h9-16H,17H2,1-8H3/b23-16-. The number of rotatable bonds is 8. The molecule has 0 saturated carbocycles. The number of ether oxygens (including phenoxy) is 4. The summed E-state index contributed by atoms with van der Waals surface area (Å²) in [7, 11) is 1.13. The van der Waals surface area contributed by atoms with Crippen molar-refractivity contribution in [2.45, 2.75) is 52.6 Å². The minimum atomic E-state index is -2.06. The Morgan fingerprint density at radius 3 is 2.10 bits per heavy atom. The third kappa shape index (κ3) is 7.17. The molecule has 2 rings (SSSR count). The Morgan fingerprint density at radius 2 is 1.58 bits per heavy atom. The molecule has 0 aliphatic rings. The maximum absolute atomic E-state index is 13.1. The molecule has 0 fully saturated rings. The van der Waals surface area contributed by atoms with Gasteiger partial charge >= 0.3 is 5.97 Å². The SMILES string of the molecule is COc1cc(OC)c(/C=C(/C(=O)OC(C)(C)C)[Si](C)(C)C)c(OCc2ccccc2)c1. The molecule has 0 bridgehead atoms. The first-order valence-corrected chi connectivity index (χ1v) is 13.8. The van der Waals surface area contributed by atoms with Gasteiger partial charge in [-0.1, -0.05) is 50.0 Å². The van der Waals surface area contributed by atoms with E-state index < -0.39 is 13.7 Å². The van der Waals surface area contributed by atoms with Crippen molar-refractivity contribution in [3.63, 3.8) is 0 Å². The zero-order chi connectivity index (χ0) is 23.2. The van der Waals surface area contributed by atoms with Crippen molar-refractivity contribution >= 4 is 20.1 Å². The van der Waals surface area contributed by atoms with E-state index in [-0.39, 0.29) is 5.97 Å². The summed E-state index contributed by atoms with van der Waals surface area (Å²) >= 11 is 0. The van der Waals surface area contributed by atoms with E-state index in [9.17, 15) is 4.79 Å². The van der Waals surface area contributed by atoms with E-state index in [0.29, 0.717) is 34.6 Å². The number of hydrogen-bond donors (Lipinski definition) is 0. The molecule has 0 N–H and O–H groups in total. The zero-order valence-electron chi connectivity index (χ0n) is 19.9. The van der Waals surface area contributed by atoms with Crippen molar-refractivity contribution < 1.29 is 23.7 Å². The van der Waals surface area contributed by atoms with E-state index in [0.717, 1.165) is 5.56 Å². The van der Waals surface area contributed by atoms with Crippen LogP contribution >= 0.6 is 0 Å². The quantitative estimate of drug-likeness (QED) is 0.290. The van der Waals surface area contributed by atoms with Crippen molar-refractivity contribution in [3.8, 4) is 17.2 Å². The molecular weight excluding hydrogens is 408 g/mol. The Labute approximate surface area is 187 Å². The Bertz CT molecular complexity index is 921. The summed E-state index contributed by atoms with van der Waals surface area (Å²) < 4.78 is 22.9. The molecule has 0 aliphatic carbocycles. The fourth-order valence-electron chi connectivity index (χ4n) is 2.92. The van der Waals surface area contributed by atoms with Crippen molar-refractivity contribution in [3.05, 3.63) is 58.8 Å². The average Bonchev–Trinajstić information content (AvgIpc) is 2.68. The molecule has 31 heavy (non-hydrogen) atoms. The first kappa shape index (κ1) is 24.5. The molecule has 5 nitrogen and oxygen atoms in total. The van der Waals surface area contributed by atoms with Gasteiger partial charge in [-0.3, -0.25) is 0 Å². The van der Waals surface area contributed by atoms with Gasteiger partial charge in [-0.2, -0.15) is 0 Å². The Morgan fingerprint density at radius 1 is 0.968 bits per heavy atom. The minimum absolute atomic E-state index is 0.307. The highest BCUT2D eigenvalue weighted by molar-refractivity contribution is 6.87. The molecule has 0 heterocycles. The van der Waals surface area contributed by atoms with Gasteiger partial charge in [0.25, 0.3) is 0 Å². The van der Waals surface area contributed by atoms with Crippen LogP contribution in [0, 0.1) is 0 Å². The highest BCUT2D eigenvalue weighted by atomic mass is 28.3. The number of benzene rings is 2. The van der Waals surface area contributed by atoms with E-state index in [2.05, 4.69) is 19.6 Å². The van der Waals surface area contributed by atoms with E-state index in [1.54, 1.807) is 20.3 Å². The summed E-state index contributed by atoms with van der Waals surface area (Å²) in [6.07, 6.45) is 1.86. The summed E-state index contributed by atoms with van der Waals surface area (Å²) in [6.45, 7) is 12.3. The topological polar surface area (TPSA) is 54.0 Å². The molecule has 2 aromatic rings. The zero-order valence-corrected chi connectivity index (χ0v) is 20.9. The molecule has 0 aliphatic heterocycles. The second-order valence-corrected chi connectivity index (χ2v) is 14.4. The van der Waals surface area contributed by atoms with Gasteiger partial charge in [0, 0.05) is 17.3 Å². The van der Waals surface area contributed by atoms with Gasteiger partial charge in [0.05, 0.1) is 27.9 Å². The average molecular weight is 443 g/mol. The maximum Gasteiger partial charge on any atom is 0.330 e. The lowest BCUT2D eigenvalue weighted by Gasteiger charge is -2.26. The third-order valence-corrected chi connectivity index (χ3v) is 6.45. The summed E-state index contributed by atoms with van der Waals surface area (Å²) in [6, 6.07) is 13.5. The molecule has 6 heteroatoms. The largest absolute Gasteiger partial charge is 0.496 e. The lowest BCUT2D eigenvalue weighted by Crippen LogP contribution is -2.34. The van der Waals surface area contributed by atoms with E-state index in [1.807, 2.05) is 63.2 Å². The summed E-state index contributed by atoms with van der Waals surface area (Å²) in [5.41, 5.74) is 1.16. The molecule has 168 valence electrons. The van der Waals surface area contributed by atoms with Gasteiger partial charge in [-0.05, 0) is 32.4 Å². The van der Waals surface area contributed by atoms with Crippen LogP contribution in [0.5, 0.6) is 17.2 Å². The number of methoxy groups -OCH3 is 2. The van der Waals surface area contributed by atoms with Crippen LogP contribution in [0.3, 0.4) is 0 Å². The van der Waals surface area contributed by atoms with Gasteiger partial charge in [0.1, 0.15) is 29.5 Å². The lowest BCUT2D eigenvalue weighted by molar-refractivity contribution is -0.149. The normalized spacial score (nSPS) is 12.3. The van der Waals surface area contributed by atoms with E-state index in [1.165, 1.54) is 0 Å². The molecule has 0 spiro atoms. The van der Waals surface area contributed by atoms with E-state index in [4.69, 9.17) is 18.9 Å². The summed E-state index contributed by atoms with van der Waals surface area (Å²) in [5, 5.41) is 0.662. The van der Waals surface area contributed by atoms with Crippen LogP contribution in [-0.2, 0) is 16.1 Å². The highest BCUT2D eigenvalue weighted by Gasteiger charge is 2.31. The first-order valence-electron chi connectivity index (χ1n) is 10.3. The maximum atomic E-state index is 13.1. The van der Waals surface area contributed by atoms with Crippen molar-refractivity contribution in [1.82, 2.24) is 0 Å². The first-order chi connectivity index (χ1) is 14.4. The molecular formula is C25H34O5Si. The Kier molecular flexibility index (Phi) is 7.95. The predicted octanol–water partition coefficient (Wildman–Crippen LogP) is 5.89. The predicted molar refractivity (Wildman–Crippen MR) is 127 cm³/mol. The summed E-state index contributed by atoms with van der Waals surface area (Å²) in [4.78, 5) is 13.1. The van der Waals surface area contributed by atoms with Gasteiger partial charge in [-0.15, -0.1) is 0 Å². The van der Waals surface area contributed by atoms with Crippen LogP contribution in [0.15, 0.2) is 47.7 Å². The highest BCUT2D eigenvalue weighted by Crippen LogP contribution is 2.37. The van der Waals surface area contributed by atoms with Crippen LogP contribution in [0.2, 0.25) is 19.6 Å². The summed E-state index contributed by atoms with van der Waals surface area (Å²) in [5.74, 6) is 1.46. The fraction of sp³-hybridized carbons (Fsp3) is 0.400. The van der Waals surface area contributed by atoms with Crippen molar-refractivity contribution in [2.75, 3.05) is 14.2 Å². The fourth-order valence-corrected chi connectivity index (χ4v) is 4.16. The van der Waals surface area contributed by atoms with Gasteiger partial charge in [-0.25, -0.2) is 4.79 Å². The Balaban J connectivity index is 2.57. The van der Waals surface area contributed by atoms with Gasteiger partial charge < -0.3 is 18.9 Å². The van der Waals surface area contributed by atoms with Gasteiger partial charge in [0.2, 0.25) is 0 Å². The molecule has 0 amide bonds. The number of esters is 1. The molecule has 0 unspecified atom stereocenters. The minimum Gasteiger partial charge on any atom is -0.496 e. The molecule has 0 radical (unpaired) electrons. The van der Waals surface area contributed by atoms with Crippen LogP contribution in [0.25, 0.3) is 6.08 Å². The van der Waals surface area contributed by atoms with Crippen molar-refractivity contribution in [1.29, 1.82) is 0 Å². The second kappa shape index (κ2) is 10.0. The second-order valence-electron chi connectivity index (χ2n) is 9.33. The van der Waals surface area contributed by atoms with Crippen LogP contribution in [0.4, 0.5) is 0 Å². The lowest BCUT2D eigenvalue weighted by atomic mass is 10.1. The van der Waals surface area contributed by atoms with Gasteiger partial charge in [0.15, 0.2) is 0 Å². The molecule has 0 aromatic heterocycles. The smallest absolute Gasteiger partial charge is 0.330 e. The number of carbonyl (C=O) groups excluding carboxylic acids is 1. The van der Waals surface area contributed by atoms with Crippen LogP contribution in [0.1, 0.15) is 31.9 Å². The van der Waals surface area contributed by atoms with Crippen molar-refractivity contribution in [2.24, 2.45) is 0 Å². The number of carbonyl (C=O) groups is 1. The Hall–Kier alpha value is -2.73. The monoisotopic (exact) mass is 442 g/mol. The molecule has 2 aromatic carbocycles. The molecule has 0 saturated heterocycles.